The average molecular weight is 141 g/mol. The smallest absolute Gasteiger partial charge is 0.103 e. The Labute approximate surface area is 53.6 Å². The molecule has 1 unspecified atom stereocenters. The first-order valence-corrected chi connectivity index (χ1v) is 3.05. The number of hydrogen-bond acceptors (Lipinski definition) is 3. The molecule has 0 saturated carbocycles. The lowest BCUT2D eigenvalue weighted by Gasteiger charge is -1.95. The van der Waals surface area contributed by atoms with Crippen LogP contribution in [-0.4, -0.2) is 17.8 Å². The van der Waals surface area contributed by atoms with E-state index in [1.165, 1.54) is 5.75 Å². The predicted molar refractivity (Wildman–Crippen MR) is 35.7 cm³/mol. The molecule has 0 aromatic heterocycles. The fraction of sp³-hybridized carbons (Fsp3) is 1.00. The van der Waals surface area contributed by atoms with Gasteiger partial charge in [-0.15, -0.1) is 24.2 Å². The molecule has 44 valence electrons. The minimum atomic E-state index is 0. The van der Waals surface area contributed by atoms with Gasteiger partial charge in [-0.3, -0.25) is 5.32 Å². The van der Waals surface area contributed by atoms with Crippen LogP contribution in [0.4, 0.5) is 0 Å². The molecule has 1 aliphatic rings. The molecule has 0 aromatic carbocycles. The first-order valence-electron chi connectivity index (χ1n) is 2.00. The van der Waals surface area contributed by atoms with Gasteiger partial charge in [0.2, 0.25) is 0 Å². The van der Waals surface area contributed by atoms with E-state index in [-0.39, 0.29) is 17.9 Å². The summed E-state index contributed by atoms with van der Waals surface area (Å²) in [5, 5.41) is 3.06. The molecular weight excluding hydrogens is 132 g/mol. The lowest BCUT2D eigenvalue weighted by atomic mass is 10.8. The molecule has 1 rings (SSSR count). The van der Waals surface area contributed by atoms with Crippen LogP contribution in [-0.2, 0) is 0 Å². The molecule has 1 saturated heterocycles. The third kappa shape index (κ3) is 2.39. The molecular formula is C3H9ClN2S. The Morgan fingerprint density at radius 1 is 1.71 bits per heavy atom. The van der Waals surface area contributed by atoms with E-state index >= 15 is 0 Å². The van der Waals surface area contributed by atoms with E-state index in [4.69, 9.17) is 5.73 Å². The molecule has 0 amide bonds. The van der Waals surface area contributed by atoms with Crippen molar-refractivity contribution in [3.05, 3.63) is 0 Å². The number of halogens is 1. The maximum absolute atomic E-state index is 5.39. The van der Waals surface area contributed by atoms with Crippen LogP contribution in [0.2, 0.25) is 0 Å². The van der Waals surface area contributed by atoms with Gasteiger partial charge in [-0.2, -0.15) is 0 Å². The molecule has 0 spiro atoms. The molecule has 3 N–H and O–H groups in total. The van der Waals surface area contributed by atoms with E-state index in [1.807, 2.05) is 0 Å². The van der Waals surface area contributed by atoms with Crippen molar-refractivity contribution in [2.75, 3.05) is 12.3 Å². The molecule has 7 heavy (non-hydrogen) atoms. The summed E-state index contributed by atoms with van der Waals surface area (Å²) in [6.45, 7) is 1.08. The van der Waals surface area contributed by atoms with Crippen LogP contribution in [0.15, 0.2) is 0 Å². The van der Waals surface area contributed by atoms with Crippen LogP contribution in [0, 0.1) is 0 Å². The monoisotopic (exact) mass is 140 g/mol. The Morgan fingerprint density at radius 3 is 2.57 bits per heavy atom. The largest absolute Gasteiger partial charge is 0.307 e. The van der Waals surface area contributed by atoms with Crippen LogP contribution < -0.4 is 11.1 Å². The highest BCUT2D eigenvalue weighted by Gasteiger charge is 2.06. The molecule has 1 fully saturated rings. The van der Waals surface area contributed by atoms with Gasteiger partial charge in [0.1, 0.15) is 5.50 Å². The highest BCUT2D eigenvalue weighted by Crippen LogP contribution is 2.06. The van der Waals surface area contributed by atoms with Crippen molar-refractivity contribution in [2.45, 2.75) is 5.50 Å². The Hall–Kier alpha value is 0.560. The zero-order valence-electron chi connectivity index (χ0n) is 3.89. The van der Waals surface area contributed by atoms with Gasteiger partial charge in [0.25, 0.3) is 0 Å². The quantitative estimate of drug-likeness (QED) is 0.497. The van der Waals surface area contributed by atoms with E-state index in [0.717, 1.165) is 6.54 Å². The van der Waals surface area contributed by atoms with Crippen molar-refractivity contribution in [3.8, 4) is 0 Å². The summed E-state index contributed by atoms with van der Waals surface area (Å²) in [6.07, 6.45) is 0. The molecule has 1 heterocycles. The zero-order chi connectivity index (χ0) is 4.41. The maximum Gasteiger partial charge on any atom is 0.103 e. The lowest BCUT2D eigenvalue weighted by Crippen LogP contribution is -2.27. The van der Waals surface area contributed by atoms with E-state index in [2.05, 4.69) is 5.32 Å². The number of nitrogens with two attached hydrogens (primary N) is 1. The van der Waals surface area contributed by atoms with Crippen molar-refractivity contribution in [1.82, 2.24) is 5.32 Å². The number of nitrogens with one attached hydrogen (secondary N) is 1. The van der Waals surface area contributed by atoms with Crippen LogP contribution in [0.1, 0.15) is 0 Å². The molecule has 0 aliphatic carbocycles. The minimum Gasteiger partial charge on any atom is -0.307 e. The first kappa shape index (κ1) is 7.56. The molecule has 4 heteroatoms. The van der Waals surface area contributed by atoms with Crippen molar-refractivity contribution < 1.29 is 0 Å². The molecule has 0 bridgehead atoms. The summed E-state index contributed by atoms with van der Waals surface area (Å²) in [5.41, 5.74) is 5.60. The number of rotatable bonds is 0. The minimum absolute atomic E-state index is 0. The van der Waals surface area contributed by atoms with Gasteiger partial charge in [-0.05, 0) is 0 Å². The molecule has 1 aliphatic heterocycles. The first-order chi connectivity index (χ1) is 2.89. The summed E-state index contributed by atoms with van der Waals surface area (Å²) >= 11 is 1.76. The van der Waals surface area contributed by atoms with Crippen molar-refractivity contribution in [1.29, 1.82) is 0 Å². The maximum atomic E-state index is 5.39. The normalized spacial score (nSPS) is 29.6. The summed E-state index contributed by atoms with van der Waals surface area (Å²) in [6, 6.07) is 0. The van der Waals surface area contributed by atoms with E-state index < -0.39 is 0 Å². The topological polar surface area (TPSA) is 38.0 Å². The summed E-state index contributed by atoms with van der Waals surface area (Å²) in [7, 11) is 0. The highest BCUT2D eigenvalue weighted by atomic mass is 35.5. The Bertz CT molecular complexity index is 46.2. The number of thioether (sulfide) groups is 1. The van der Waals surface area contributed by atoms with Crippen molar-refractivity contribution in [3.63, 3.8) is 0 Å². The summed E-state index contributed by atoms with van der Waals surface area (Å²) in [5.74, 6) is 1.17. The van der Waals surface area contributed by atoms with Gasteiger partial charge < -0.3 is 5.73 Å². The van der Waals surface area contributed by atoms with Crippen LogP contribution in [0.3, 0.4) is 0 Å². The van der Waals surface area contributed by atoms with Gasteiger partial charge in [0.15, 0.2) is 0 Å². The van der Waals surface area contributed by atoms with Gasteiger partial charge in [-0.25, -0.2) is 0 Å². The third-order valence-electron chi connectivity index (χ3n) is 0.745. The predicted octanol–water partition coefficient (Wildman–Crippen LogP) is -0.0131. The summed E-state index contributed by atoms with van der Waals surface area (Å²) in [4.78, 5) is 0. The molecule has 0 radical (unpaired) electrons. The zero-order valence-corrected chi connectivity index (χ0v) is 5.52. The lowest BCUT2D eigenvalue weighted by molar-refractivity contribution is 0.737. The SMILES string of the molecule is Cl.NC1NCCS1. The van der Waals surface area contributed by atoms with Gasteiger partial charge in [-0.1, -0.05) is 0 Å². The molecule has 2 nitrogen and oxygen atoms in total. The third-order valence-corrected chi connectivity index (χ3v) is 1.71. The van der Waals surface area contributed by atoms with Crippen molar-refractivity contribution in [2.24, 2.45) is 5.73 Å². The van der Waals surface area contributed by atoms with E-state index in [0.29, 0.717) is 0 Å². The van der Waals surface area contributed by atoms with Gasteiger partial charge in [0.05, 0.1) is 0 Å². The average Bonchev–Trinajstić information content (AvgIpc) is 1.86. The Kier molecular flexibility index (Phi) is 3.83. The molecule has 0 aromatic rings. The van der Waals surface area contributed by atoms with Crippen LogP contribution in [0.5, 0.6) is 0 Å². The second-order valence-electron chi connectivity index (χ2n) is 1.25. The fourth-order valence-corrected chi connectivity index (χ4v) is 1.17. The van der Waals surface area contributed by atoms with Gasteiger partial charge >= 0.3 is 0 Å². The Morgan fingerprint density at radius 2 is 2.43 bits per heavy atom. The second-order valence-corrected chi connectivity index (χ2v) is 2.49. The fourth-order valence-electron chi connectivity index (χ4n) is 0.446. The molecule has 1 atom stereocenters. The highest BCUT2D eigenvalue weighted by molar-refractivity contribution is 8.00. The second kappa shape index (κ2) is 3.55. The van der Waals surface area contributed by atoms with Crippen molar-refractivity contribution >= 4 is 24.2 Å². The van der Waals surface area contributed by atoms with Crippen LogP contribution in [0.25, 0.3) is 0 Å². The standard InChI is InChI=1S/C3H8N2S.ClH/c4-3-5-1-2-6-3;/h3,5H,1-2,4H2;1H. The van der Waals surface area contributed by atoms with E-state index in [1.54, 1.807) is 11.8 Å². The van der Waals surface area contributed by atoms with E-state index in [9.17, 15) is 0 Å². The van der Waals surface area contributed by atoms with Gasteiger partial charge in [0, 0.05) is 12.3 Å². The summed E-state index contributed by atoms with van der Waals surface area (Å²) < 4.78 is 0. The Balaban J connectivity index is 0.000000360. The number of hydrogen-bond donors (Lipinski definition) is 2. The van der Waals surface area contributed by atoms with Crippen LogP contribution >= 0.6 is 24.2 Å².